The number of hydrogen-bond donors (Lipinski definition) is 0. The molecule has 0 aromatic carbocycles. The van der Waals surface area contributed by atoms with Crippen LogP contribution in [0.2, 0.25) is 0 Å². The summed E-state index contributed by atoms with van der Waals surface area (Å²) in [4.78, 5) is 0. The Morgan fingerprint density at radius 3 is 2.23 bits per heavy atom. The fraction of sp³-hybridized carbons (Fsp3) is 1.00. The van der Waals surface area contributed by atoms with Crippen molar-refractivity contribution in [3.05, 3.63) is 0 Å². The molecule has 3 nitrogen and oxygen atoms in total. The van der Waals surface area contributed by atoms with Crippen molar-refractivity contribution < 1.29 is 13.6 Å². The lowest BCUT2D eigenvalue weighted by Crippen LogP contribution is -2.31. The molecule has 1 heterocycles. The maximum Gasteiger partial charge on any atom is 0.332 e. The van der Waals surface area contributed by atoms with E-state index in [1.54, 1.807) is 0 Å². The van der Waals surface area contributed by atoms with E-state index in [0.29, 0.717) is 12.5 Å². The van der Waals surface area contributed by atoms with Gasteiger partial charge in [0.15, 0.2) is 0 Å². The SMILES string of the molecule is CCOP1OCC(C(C)(C)C)CO1. The molecule has 1 rings (SSSR count). The molecule has 1 saturated heterocycles. The van der Waals surface area contributed by atoms with Gasteiger partial charge in [0.2, 0.25) is 0 Å². The van der Waals surface area contributed by atoms with E-state index in [1.165, 1.54) is 0 Å². The lowest BCUT2D eigenvalue weighted by atomic mass is 9.82. The lowest BCUT2D eigenvalue weighted by Gasteiger charge is -2.35. The fourth-order valence-electron chi connectivity index (χ4n) is 1.07. The number of hydrogen-bond acceptors (Lipinski definition) is 3. The van der Waals surface area contributed by atoms with E-state index in [4.69, 9.17) is 13.6 Å². The van der Waals surface area contributed by atoms with Crippen LogP contribution in [0.25, 0.3) is 0 Å². The van der Waals surface area contributed by atoms with Crippen LogP contribution in [0, 0.1) is 11.3 Å². The first-order valence-corrected chi connectivity index (χ1v) is 5.82. The third kappa shape index (κ3) is 3.51. The van der Waals surface area contributed by atoms with E-state index in [0.717, 1.165) is 13.2 Å². The largest absolute Gasteiger partial charge is 0.332 e. The van der Waals surface area contributed by atoms with Crippen LogP contribution in [0.1, 0.15) is 27.7 Å². The first kappa shape index (κ1) is 11.4. The van der Waals surface area contributed by atoms with Gasteiger partial charge in [-0.15, -0.1) is 0 Å². The molecule has 0 aromatic rings. The molecular formula is C9H19O3P. The summed E-state index contributed by atoms with van der Waals surface area (Å²) >= 11 is 0. The molecule has 0 aromatic heterocycles. The Bertz CT molecular complexity index is 147. The molecular weight excluding hydrogens is 187 g/mol. The van der Waals surface area contributed by atoms with Crippen molar-refractivity contribution in [1.29, 1.82) is 0 Å². The Labute approximate surface area is 81.8 Å². The highest BCUT2D eigenvalue weighted by molar-refractivity contribution is 7.41. The Balaban J connectivity index is 2.30. The molecule has 1 fully saturated rings. The van der Waals surface area contributed by atoms with Crippen molar-refractivity contribution >= 4 is 8.60 Å². The van der Waals surface area contributed by atoms with Gasteiger partial charge in [0, 0.05) is 5.92 Å². The Morgan fingerprint density at radius 2 is 1.85 bits per heavy atom. The van der Waals surface area contributed by atoms with Gasteiger partial charge in [-0.3, -0.25) is 0 Å². The summed E-state index contributed by atoms with van der Waals surface area (Å²) < 4.78 is 16.2. The van der Waals surface area contributed by atoms with E-state index < -0.39 is 8.60 Å². The van der Waals surface area contributed by atoms with Crippen molar-refractivity contribution in [2.75, 3.05) is 19.8 Å². The van der Waals surface area contributed by atoms with Gasteiger partial charge < -0.3 is 13.6 Å². The molecule has 1 aliphatic heterocycles. The molecule has 0 saturated carbocycles. The van der Waals surface area contributed by atoms with E-state index in [-0.39, 0.29) is 5.41 Å². The second-order valence-corrected chi connectivity index (χ2v) is 5.52. The van der Waals surface area contributed by atoms with Gasteiger partial charge in [0.05, 0.1) is 19.8 Å². The lowest BCUT2D eigenvalue weighted by molar-refractivity contribution is 0.0252. The summed E-state index contributed by atoms with van der Waals surface area (Å²) in [5, 5.41) is 0. The summed E-state index contributed by atoms with van der Waals surface area (Å²) in [7, 11) is -1.05. The van der Waals surface area contributed by atoms with Crippen LogP contribution in [0.3, 0.4) is 0 Å². The van der Waals surface area contributed by atoms with Crippen LogP contribution in [-0.2, 0) is 13.6 Å². The smallest absolute Gasteiger partial charge is 0.313 e. The maximum atomic E-state index is 5.48. The molecule has 13 heavy (non-hydrogen) atoms. The second-order valence-electron chi connectivity index (χ2n) is 4.30. The summed E-state index contributed by atoms with van der Waals surface area (Å²) in [6.45, 7) is 10.7. The van der Waals surface area contributed by atoms with Crippen molar-refractivity contribution in [3.8, 4) is 0 Å². The predicted molar refractivity (Wildman–Crippen MR) is 53.4 cm³/mol. The standard InChI is InChI=1S/C9H19O3P/c1-5-10-13-11-6-8(7-12-13)9(2,3)4/h8H,5-7H2,1-4H3. The highest BCUT2D eigenvalue weighted by atomic mass is 31.2. The van der Waals surface area contributed by atoms with Gasteiger partial charge >= 0.3 is 8.60 Å². The first-order valence-electron chi connectivity index (χ1n) is 4.73. The summed E-state index contributed by atoms with van der Waals surface area (Å²) in [6.07, 6.45) is 0. The van der Waals surface area contributed by atoms with Crippen LogP contribution in [0.4, 0.5) is 0 Å². The molecule has 78 valence electrons. The molecule has 0 amide bonds. The molecule has 0 spiro atoms. The fourth-order valence-corrected chi connectivity index (χ4v) is 2.10. The first-order chi connectivity index (χ1) is 6.04. The highest BCUT2D eigenvalue weighted by Gasteiger charge is 2.32. The van der Waals surface area contributed by atoms with Crippen LogP contribution in [-0.4, -0.2) is 19.8 Å². The van der Waals surface area contributed by atoms with E-state index in [2.05, 4.69) is 20.8 Å². The van der Waals surface area contributed by atoms with Gasteiger partial charge in [-0.25, -0.2) is 0 Å². The average Bonchev–Trinajstić information content (AvgIpc) is 2.04. The molecule has 0 N–H and O–H groups in total. The van der Waals surface area contributed by atoms with Crippen LogP contribution >= 0.6 is 8.60 Å². The quantitative estimate of drug-likeness (QED) is 0.650. The monoisotopic (exact) mass is 206 g/mol. The van der Waals surface area contributed by atoms with E-state index >= 15 is 0 Å². The van der Waals surface area contributed by atoms with Gasteiger partial charge in [-0.05, 0) is 12.3 Å². The molecule has 0 radical (unpaired) electrons. The van der Waals surface area contributed by atoms with Crippen molar-refractivity contribution in [2.24, 2.45) is 11.3 Å². The minimum atomic E-state index is -1.05. The average molecular weight is 206 g/mol. The van der Waals surface area contributed by atoms with Crippen LogP contribution in [0.5, 0.6) is 0 Å². The minimum absolute atomic E-state index is 0.258. The maximum absolute atomic E-state index is 5.48. The third-order valence-corrected chi connectivity index (χ3v) is 3.41. The zero-order chi connectivity index (χ0) is 9.90. The molecule has 4 heteroatoms. The van der Waals surface area contributed by atoms with Crippen molar-refractivity contribution in [2.45, 2.75) is 27.7 Å². The summed E-state index contributed by atoms with van der Waals surface area (Å²) in [6, 6.07) is 0. The zero-order valence-corrected chi connectivity index (χ0v) is 9.77. The van der Waals surface area contributed by atoms with Crippen LogP contribution in [0.15, 0.2) is 0 Å². The Morgan fingerprint density at radius 1 is 1.31 bits per heavy atom. The van der Waals surface area contributed by atoms with Gasteiger partial charge in [-0.2, -0.15) is 0 Å². The van der Waals surface area contributed by atoms with E-state index in [9.17, 15) is 0 Å². The van der Waals surface area contributed by atoms with E-state index in [1.807, 2.05) is 6.92 Å². The molecule has 0 bridgehead atoms. The van der Waals surface area contributed by atoms with Gasteiger partial charge in [0.25, 0.3) is 0 Å². The Kier molecular flexibility index (Phi) is 4.11. The minimum Gasteiger partial charge on any atom is -0.313 e. The van der Waals surface area contributed by atoms with Crippen LogP contribution < -0.4 is 0 Å². The topological polar surface area (TPSA) is 27.7 Å². The number of rotatable bonds is 2. The highest BCUT2D eigenvalue weighted by Crippen LogP contribution is 2.46. The zero-order valence-electron chi connectivity index (χ0n) is 8.87. The molecule has 0 atom stereocenters. The summed E-state index contributed by atoms with van der Waals surface area (Å²) in [5.41, 5.74) is 0.258. The van der Waals surface area contributed by atoms with Gasteiger partial charge in [0.1, 0.15) is 0 Å². The molecule has 0 aliphatic carbocycles. The second kappa shape index (κ2) is 4.70. The van der Waals surface area contributed by atoms with Gasteiger partial charge in [-0.1, -0.05) is 20.8 Å². The molecule has 1 aliphatic rings. The third-order valence-electron chi connectivity index (χ3n) is 2.22. The van der Waals surface area contributed by atoms with Crippen molar-refractivity contribution in [3.63, 3.8) is 0 Å². The van der Waals surface area contributed by atoms with Crippen molar-refractivity contribution in [1.82, 2.24) is 0 Å². The Hall–Kier alpha value is 0.310. The molecule has 0 unspecified atom stereocenters. The predicted octanol–water partition coefficient (Wildman–Crippen LogP) is 2.96. The summed E-state index contributed by atoms with van der Waals surface area (Å²) in [5.74, 6) is 0.478. The normalized spacial score (nSPS) is 30.5.